The van der Waals surface area contributed by atoms with Crippen LogP contribution in [0.25, 0.3) is 10.9 Å². The zero-order valence-corrected chi connectivity index (χ0v) is 13.8. The number of para-hydroxylation sites is 1. The molecule has 7 nitrogen and oxygen atoms in total. The number of carboxylic acid groups (broad SMARTS) is 1. The highest BCUT2D eigenvalue weighted by Gasteiger charge is 2.26. The van der Waals surface area contributed by atoms with Gasteiger partial charge in [-0.05, 0) is 23.8 Å². The molecule has 0 amide bonds. The van der Waals surface area contributed by atoms with Crippen molar-refractivity contribution < 1.29 is 23.5 Å². The lowest BCUT2D eigenvalue weighted by Gasteiger charge is -2.14. The number of carboxylic acids is 1. The van der Waals surface area contributed by atoms with Gasteiger partial charge in [0.1, 0.15) is 6.04 Å². The van der Waals surface area contributed by atoms with Crippen LogP contribution in [0.15, 0.2) is 65.7 Å². The minimum absolute atomic E-state index is 0.00848. The second-order valence-electron chi connectivity index (χ2n) is 5.55. The summed E-state index contributed by atoms with van der Waals surface area (Å²) in [5, 5.41) is 20.0. The van der Waals surface area contributed by atoms with E-state index in [1.54, 1.807) is 42.5 Å². The molecule has 0 aliphatic carbocycles. The molecule has 3 rings (SSSR count). The molecule has 0 fully saturated rings. The number of rotatable bonds is 6. The molecule has 0 saturated heterocycles. The molecule has 0 spiro atoms. The van der Waals surface area contributed by atoms with E-state index in [0.717, 1.165) is 4.73 Å². The van der Waals surface area contributed by atoms with E-state index in [-0.39, 0.29) is 11.3 Å². The number of aliphatic carboxylic acids is 1. The van der Waals surface area contributed by atoms with E-state index < -0.39 is 22.0 Å². The van der Waals surface area contributed by atoms with Crippen molar-refractivity contribution in [2.75, 3.05) is 0 Å². The van der Waals surface area contributed by atoms with Gasteiger partial charge in [0.25, 0.3) is 0 Å². The summed E-state index contributed by atoms with van der Waals surface area (Å²) >= 11 is 0. The molecule has 8 heteroatoms. The Hall–Kier alpha value is -2.84. The normalized spacial score (nSPS) is 13.0. The van der Waals surface area contributed by atoms with E-state index in [2.05, 4.69) is 4.72 Å². The Morgan fingerprint density at radius 1 is 1.08 bits per heavy atom. The smallest absolute Gasteiger partial charge is 0.322 e. The van der Waals surface area contributed by atoms with Crippen LogP contribution in [0.4, 0.5) is 0 Å². The molecular formula is C17H16N2O5S. The van der Waals surface area contributed by atoms with Crippen molar-refractivity contribution in [1.29, 1.82) is 0 Å². The van der Waals surface area contributed by atoms with Crippen LogP contribution in [0.2, 0.25) is 0 Å². The number of aromatic nitrogens is 1. The number of hydrogen-bond donors (Lipinski definition) is 3. The summed E-state index contributed by atoms with van der Waals surface area (Å²) in [5.41, 5.74) is 1.05. The Morgan fingerprint density at radius 2 is 1.72 bits per heavy atom. The van der Waals surface area contributed by atoms with Crippen LogP contribution in [-0.2, 0) is 21.2 Å². The van der Waals surface area contributed by atoms with Gasteiger partial charge in [0.05, 0.1) is 10.4 Å². The highest BCUT2D eigenvalue weighted by molar-refractivity contribution is 7.89. The quantitative estimate of drug-likeness (QED) is 0.581. The van der Waals surface area contributed by atoms with Gasteiger partial charge in [0.2, 0.25) is 10.0 Å². The van der Waals surface area contributed by atoms with Crippen LogP contribution in [0.3, 0.4) is 0 Å². The van der Waals surface area contributed by atoms with Gasteiger partial charge in [0, 0.05) is 18.0 Å². The summed E-state index contributed by atoms with van der Waals surface area (Å²) in [6, 6.07) is 13.1. The molecule has 0 radical (unpaired) electrons. The number of benzene rings is 2. The fourth-order valence-electron chi connectivity index (χ4n) is 2.65. The van der Waals surface area contributed by atoms with E-state index in [0.29, 0.717) is 16.5 Å². The molecule has 0 bridgehead atoms. The van der Waals surface area contributed by atoms with E-state index >= 15 is 0 Å². The van der Waals surface area contributed by atoms with Crippen LogP contribution in [0, 0.1) is 0 Å². The van der Waals surface area contributed by atoms with Crippen molar-refractivity contribution in [3.05, 3.63) is 66.4 Å². The zero-order chi connectivity index (χ0) is 18.0. The highest BCUT2D eigenvalue weighted by atomic mass is 32.2. The van der Waals surface area contributed by atoms with Gasteiger partial charge < -0.3 is 10.3 Å². The Bertz CT molecular complexity index is 1010. The van der Waals surface area contributed by atoms with Gasteiger partial charge in [-0.2, -0.15) is 9.45 Å². The van der Waals surface area contributed by atoms with Crippen molar-refractivity contribution in [1.82, 2.24) is 9.45 Å². The van der Waals surface area contributed by atoms with Crippen LogP contribution in [0.5, 0.6) is 0 Å². The van der Waals surface area contributed by atoms with Crippen molar-refractivity contribution in [3.63, 3.8) is 0 Å². The van der Waals surface area contributed by atoms with Crippen molar-refractivity contribution >= 4 is 26.9 Å². The average molecular weight is 360 g/mol. The van der Waals surface area contributed by atoms with E-state index in [1.165, 1.54) is 18.3 Å². The zero-order valence-electron chi connectivity index (χ0n) is 13.0. The summed E-state index contributed by atoms with van der Waals surface area (Å²) in [6.45, 7) is 0. The maximum Gasteiger partial charge on any atom is 0.322 e. The summed E-state index contributed by atoms with van der Waals surface area (Å²) in [5.74, 6) is -1.30. The maximum atomic E-state index is 12.4. The summed E-state index contributed by atoms with van der Waals surface area (Å²) in [4.78, 5) is 11.6. The largest absolute Gasteiger partial charge is 0.480 e. The Kier molecular flexibility index (Phi) is 4.47. The SMILES string of the molecule is O=C(O)C(Cc1cn(O)c2ccccc12)NS(=O)(=O)c1ccccc1. The molecule has 2 aromatic carbocycles. The summed E-state index contributed by atoms with van der Waals surface area (Å²) < 4.78 is 27.9. The molecule has 0 saturated carbocycles. The number of nitrogens with zero attached hydrogens (tertiary/aromatic N) is 1. The standard InChI is InChI=1S/C17H16N2O5S/c20-17(21)15(18-25(23,24)13-6-2-1-3-7-13)10-12-11-19(22)16-9-5-4-8-14(12)16/h1-9,11,15,18,22H,10H2,(H,20,21). The van der Waals surface area contributed by atoms with Gasteiger partial charge in [-0.25, -0.2) is 8.42 Å². The molecule has 25 heavy (non-hydrogen) atoms. The predicted octanol–water partition coefficient (Wildman–Crippen LogP) is 1.85. The summed E-state index contributed by atoms with van der Waals surface area (Å²) in [7, 11) is -3.97. The molecule has 1 aromatic heterocycles. The lowest BCUT2D eigenvalue weighted by atomic mass is 10.1. The van der Waals surface area contributed by atoms with Gasteiger partial charge in [-0.1, -0.05) is 36.4 Å². The molecule has 1 heterocycles. The third kappa shape index (κ3) is 3.49. The maximum absolute atomic E-state index is 12.4. The highest BCUT2D eigenvalue weighted by Crippen LogP contribution is 2.22. The summed E-state index contributed by atoms with van der Waals surface area (Å²) in [6.07, 6.45) is 1.28. The minimum Gasteiger partial charge on any atom is -0.480 e. The molecule has 3 N–H and O–H groups in total. The number of carbonyl (C=O) groups is 1. The molecule has 130 valence electrons. The number of fused-ring (bicyclic) bond motifs is 1. The molecule has 3 aromatic rings. The van der Waals surface area contributed by atoms with Crippen LogP contribution in [0.1, 0.15) is 5.56 Å². The molecule has 0 aliphatic rings. The average Bonchev–Trinajstić information content (AvgIpc) is 2.91. The first-order chi connectivity index (χ1) is 11.9. The monoisotopic (exact) mass is 360 g/mol. The second-order valence-corrected chi connectivity index (χ2v) is 7.26. The minimum atomic E-state index is -3.97. The number of nitrogens with one attached hydrogen (secondary N) is 1. The molecule has 1 atom stereocenters. The van der Waals surface area contributed by atoms with E-state index in [1.807, 2.05) is 0 Å². The first-order valence-corrected chi connectivity index (χ1v) is 8.95. The van der Waals surface area contributed by atoms with Gasteiger partial charge in [-0.3, -0.25) is 4.79 Å². The molecular weight excluding hydrogens is 344 g/mol. The van der Waals surface area contributed by atoms with Crippen LogP contribution in [-0.4, -0.2) is 35.5 Å². The predicted molar refractivity (Wildman–Crippen MR) is 91.0 cm³/mol. The fraction of sp³-hybridized carbons (Fsp3) is 0.118. The first-order valence-electron chi connectivity index (χ1n) is 7.47. The Balaban J connectivity index is 1.91. The van der Waals surface area contributed by atoms with Crippen LogP contribution < -0.4 is 4.72 Å². The Labute approximate surface area is 144 Å². The second kappa shape index (κ2) is 6.58. The van der Waals surface area contributed by atoms with Crippen molar-refractivity contribution in [2.24, 2.45) is 0 Å². The third-order valence-corrected chi connectivity index (χ3v) is 5.34. The van der Waals surface area contributed by atoms with E-state index in [9.17, 15) is 23.5 Å². The van der Waals surface area contributed by atoms with Crippen molar-refractivity contribution in [2.45, 2.75) is 17.4 Å². The first kappa shape index (κ1) is 17.0. The molecule has 1 unspecified atom stereocenters. The lowest BCUT2D eigenvalue weighted by molar-refractivity contribution is -0.138. The van der Waals surface area contributed by atoms with Crippen molar-refractivity contribution in [3.8, 4) is 0 Å². The third-order valence-electron chi connectivity index (χ3n) is 3.85. The number of sulfonamides is 1. The van der Waals surface area contributed by atoms with Crippen LogP contribution >= 0.6 is 0 Å². The topological polar surface area (TPSA) is 109 Å². The van der Waals surface area contributed by atoms with E-state index in [4.69, 9.17) is 0 Å². The fourth-order valence-corrected chi connectivity index (χ4v) is 3.86. The van der Waals surface area contributed by atoms with Gasteiger partial charge >= 0.3 is 5.97 Å². The number of hydrogen-bond acceptors (Lipinski definition) is 4. The van der Waals surface area contributed by atoms with Gasteiger partial charge in [0.15, 0.2) is 0 Å². The van der Waals surface area contributed by atoms with Gasteiger partial charge in [-0.15, -0.1) is 0 Å². The lowest BCUT2D eigenvalue weighted by Crippen LogP contribution is -2.42. The Morgan fingerprint density at radius 3 is 2.40 bits per heavy atom. The molecule has 0 aliphatic heterocycles.